The van der Waals surface area contributed by atoms with Gasteiger partial charge in [-0.2, -0.15) is 5.26 Å². The molecule has 28 heavy (non-hydrogen) atoms. The van der Waals surface area contributed by atoms with Crippen molar-refractivity contribution in [3.8, 4) is 11.8 Å². The molecule has 0 aliphatic carbocycles. The Kier molecular flexibility index (Phi) is 6.96. The zero-order valence-electron chi connectivity index (χ0n) is 15.3. The Labute approximate surface area is 174 Å². The number of aromatic nitrogens is 1. The number of hydrogen-bond donors (Lipinski definition) is 0. The van der Waals surface area contributed by atoms with Gasteiger partial charge < -0.3 is 14.5 Å². The van der Waals surface area contributed by atoms with Crippen LogP contribution in [0.4, 0.5) is 5.82 Å². The number of pyridine rings is 1. The van der Waals surface area contributed by atoms with Gasteiger partial charge in [-0.1, -0.05) is 23.2 Å². The van der Waals surface area contributed by atoms with Crippen molar-refractivity contribution in [3.05, 3.63) is 52.1 Å². The van der Waals surface area contributed by atoms with E-state index >= 15 is 0 Å². The van der Waals surface area contributed by atoms with Crippen LogP contribution in [0.5, 0.6) is 5.75 Å². The van der Waals surface area contributed by atoms with E-state index in [0.29, 0.717) is 72.8 Å². The number of nitrogens with zero attached hydrogens (tertiary/aromatic N) is 4. The van der Waals surface area contributed by atoms with Gasteiger partial charge in [-0.15, -0.1) is 0 Å². The van der Waals surface area contributed by atoms with Gasteiger partial charge in [-0.05, 0) is 36.8 Å². The van der Waals surface area contributed by atoms with E-state index in [9.17, 15) is 10.1 Å². The molecular formula is C20H20Cl2N4O2. The Bertz CT molecular complexity index is 877. The topological polar surface area (TPSA) is 69.5 Å². The minimum Gasteiger partial charge on any atom is -0.492 e. The average Bonchev–Trinajstić information content (AvgIpc) is 2.72. The van der Waals surface area contributed by atoms with Crippen molar-refractivity contribution in [3.63, 3.8) is 0 Å². The molecule has 0 bridgehead atoms. The van der Waals surface area contributed by atoms with Crippen LogP contribution in [0, 0.1) is 11.3 Å². The number of hydrogen-bond acceptors (Lipinski definition) is 5. The van der Waals surface area contributed by atoms with Crippen LogP contribution < -0.4 is 9.64 Å². The van der Waals surface area contributed by atoms with E-state index < -0.39 is 0 Å². The summed E-state index contributed by atoms with van der Waals surface area (Å²) in [7, 11) is 0. The Hall–Kier alpha value is -2.49. The van der Waals surface area contributed by atoms with Gasteiger partial charge in [0.25, 0.3) is 0 Å². The summed E-state index contributed by atoms with van der Waals surface area (Å²) in [5, 5.41) is 10.2. The van der Waals surface area contributed by atoms with E-state index in [4.69, 9.17) is 27.9 Å². The van der Waals surface area contributed by atoms with Gasteiger partial charge in [0.05, 0.1) is 17.2 Å². The summed E-state index contributed by atoms with van der Waals surface area (Å²) in [4.78, 5) is 20.6. The van der Waals surface area contributed by atoms with Crippen molar-refractivity contribution < 1.29 is 9.53 Å². The molecule has 8 heteroatoms. The molecule has 1 aliphatic rings. The van der Waals surface area contributed by atoms with E-state index in [2.05, 4.69) is 11.1 Å². The number of halogens is 2. The van der Waals surface area contributed by atoms with E-state index in [-0.39, 0.29) is 5.91 Å². The SMILES string of the molecule is N#Cc1cccnc1N1CCN(C(=O)CCCOc2ccc(Cl)cc2Cl)CC1. The Morgan fingerprint density at radius 3 is 2.71 bits per heavy atom. The molecule has 1 aliphatic heterocycles. The number of piperazine rings is 1. The summed E-state index contributed by atoms with van der Waals surface area (Å²) in [5.41, 5.74) is 0.556. The van der Waals surface area contributed by atoms with E-state index in [1.54, 1.807) is 36.5 Å². The molecule has 1 saturated heterocycles. The molecule has 0 saturated carbocycles. The quantitative estimate of drug-likeness (QED) is 0.667. The van der Waals surface area contributed by atoms with Gasteiger partial charge >= 0.3 is 0 Å². The third kappa shape index (κ3) is 5.06. The van der Waals surface area contributed by atoms with Crippen molar-refractivity contribution in [2.24, 2.45) is 0 Å². The summed E-state index contributed by atoms with van der Waals surface area (Å²) in [5.74, 6) is 1.35. The van der Waals surface area contributed by atoms with Crippen LogP contribution in [0.15, 0.2) is 36.5 Å². The molecule has 2 aromatic rings. The van der Waals surface area contributed by atoms with Crippen LogP contribution in [0.2, 0.25) is 10.0 Å². The third-order valence-electron chi connectivity index (χ3n) is 4.53. The van der Waals surface area contributed by atoms with Gasteiger partial charge in [-0.25, -0.2) is 4.98 Å². The molecule has 0 unspecified atom stereocenters. The Morgan fingerprint density at radius 1 is 1.21 bits per heavy atom. The molecule has 1 aromatic carbocycles. The fraction of sp³-hybridized carbons (Fsp3) is 0.350. The molecule has 0 atom stereocenters. The summed E-state index contributed by atoms with van der Waals surface area (Å²) >= 11 is 11.9. The smallest absolute Gasteiger partial charge is 0.222 e. The molecule has 6 nitrogen and oxygen atoms in total. The first-order chi connectivity index (χ1) is 13.6. The molecule has 2 heterocycles. The Balaban J connectivity index is 1.42. The second kappa shape index (κ2) is 9.63. The number of anilines is 1. The number of rotatable bonds is 6. The lowest BCUT2D eigenvalue weighted by molar-refractivity contribution is -0.131. The first-order valence-corrected chi connectivity index (χ1v) is 9.80. The van der Waals surface area contributed by atoms with Crippen molar-refractivity contribution >= 4 is 34.9 Å². The highest BCUT2D eigenvalue weighted by Gasteiger charge is 2.23. The lowest BCUT2D eigenvalue weighted by atomic mass is 10.2. The first kappa shape index (κ1) is 20.2. The minimum atomic E-state index is 0.104. The molecule has 1 fully saturated rings. The van der Waals surface area contributed by atoms with Crippen LogP contribution >= 0.6 is 23.2 Å². The number of amides is 1. The predicted molar refractivity (Wildman–Crippen MR) is 109 cm³/mol. The maximum absolute atomic E-state index is 12.4. The zero-order chi connectivity index (χ0) is 19.9. The lowest BCUT2D eigenvalue weighted by Gasteiger charge is -2.35. The van der Waals surface area contributed by atoms with Gasteiger partial charge in [0.1, 0.15) is 17.6 Å². The number of nitriles is 1. The lowest BCUT2D eigenvalue weighted by Crippen LogP contribution is -2.49. The van der Waals surface area contributed by atoms with Crippen LogP contribution in [-0.2, 0) is 4.79 Å². The monoisotopic (exact) mass is 418 g/mol. The standard InChI is InChI=1S/C20H20Cl2N4O2/c21-16-5-6-18(17(22)13-16)28-12-2-4-19(27)25-8-10-26(11-9-25)20-15(14-23)3-1-7-24-20/h1,3,5-7,13H,2,4,8-12H2. The molecule has 3 rings (SSSR count). The first-order valence-electron chi connectivity index (χ1n) is 9.04. The number of benzene rings is 1. The fourth-order valence-corrected chi connectivity index (χ4v) is 3.52. The summed E-state index contributed by atoms with van der Waals surface area (Å²) in [6.45, 7) is 2.96. The van der Waals surface area contributed by atoms with E-state index in [1.165, 1.54) is 0 Å². The van der Waals surface area contributed by atoms with Crippen LogP contribution in [0.25, 0.3) is 0 Å². The predicted octanol–water partition coefficient (Wildman–Crippen LogP) is 3.77. The summed E-state index contributed by atoms with van der Waals surface area (Å²) in [6, 6.07) is 10.7. The number of ether oxygens (including phenoxy) is 1. The van der Waals surface area contributed by atoms with Crippen LogP contribution in [0.3, 0.4) is 0 Å². The molecule has 0 spiro atoms. The second-order valence-corrected chi connectivity index (χ2v) is 7.22. The summed E-state index contributed by atoms with van der Waals surface area (Å²) in [6.07, 6.45) is 2.70. The second-order valence-electron chi connectivity index (χ2n) is 6.38. The van der Waals surface area contributed by atoms with Crippen molar-refractivity contribution in [1.29, 1.82) is 5.26 Å². The largest absolute Gasteiger partial charge is 0.492 e. The average molecular weight is 419 g/mol. The maximum atomic E-state index is 12.4. The van der Waals surface area contributed by atoms with Crippen molar-refractivity contribution in [2.75, 3.05) is 37.7 Å². The van der Waals surface area contributed by atoms with Crippen LogP contribution in [-0.4, -0.2) is 48.6 Å². The minimum absolute atomic E-state index is 0.104. The van der Waals surface area contributed by atoms with Crippen molar-refractivity contribution in [1.82, 2.24) is 9.88 Å². The molecule has 1 amide bonds. The highest BCUT2D eigenvalue weighted by molar-refractivity contribution is 6.35. The van der Waals surface area contributed by atoms with Gasteiger partial charge in [-0.3, -0.25) is 4.79 Å². The fourth-order valence-electron chi connectivity index (χ4n) is 3.06. The molecule has 1 aromatic heterocycles. The normalized spacial score (nSPS) is 13.9. The Morgan fingerprint density at radius 2 is 2.00 bits per heavy atom. The van der Waals surface area contributed by atoms with Gasteiger partial charge in [0.15, 0.2) is 0 Å². The van der Waals surface area contributed by atoms with Gasteiger partial charge in [0, 0.05) is 43.8 Å². The van der Waals surface area contributed by atoms with E-state index in [0.717, 1.165) is 0 Å². The number of carbonyl (C=O) groups is 1. The highest BCUT2D eigenvalue weighted by atomic mass is 35.5. The molecular weight excluding hydrogens is 399 g/mol. The highest BCUT2D eigenvalue weighted by Crippen LogP contribution is 2.27. The zero-order valence-corrected chi connectivity index (χ0v) is 16.8. The summed E-state index contributed by atoms with van der Waals surface area (Å²) < 4.78 is 5.62. The van der Waals surface area contributed by atoms with E-state index in [1.807, 2.05) is 9.80 Å². The molecule has 146 valence electrons. The van der Waals surface area contributed by atoms with Crippen molar-refractivity contribution in [2.45, 2.75) is 12.8 Å². The molecule has 0 radical (unpaired) electrons. The van der Waals surface area contributed by atoms with Gasteiger partial charge in [0.2, 0.25) is 5.91 Å². The van der Waals surface area contributed by atoms with Crippen LogP contribution in [0.1, 0.15) is 18.4 Å². The maximum Gasteiger partial charge on any atom is 0.222 e. The third-order valence-corrected chi connectivity index (χ3v) is 5.06. The molecule has 0 N–H and O–H groups in total. The number of carbonyl (C=O) groups excluding carboxylic acids is 1.